The van der Waals surface area contributed by atoms with Gasteiger partial charge in [0.25, 0.3) is 17.4 Å². The van der Waals surface area contributed by atoms with Gasteiger partial charge in [-0.15, -0.1) is 0 Å². The molecule has 29 heavy (non-hydrogen) atoms. The summed E-state index contributed by atoms with van der Waals surface area (Å²) in [6, 6.07) is 13.7. The molecule has 3 aromatic rings. The fraction of sp³-hybridized carbons (Fsp3) is 0.136. The smallest absolute Gasteiger partial charge is 0.263 e. The van der Waals surface area contributed by atoms with Gasteiger partial charge in [-0.25, -0.2) is 4.39 Å². The van der Waals surface area contributed by atoms with E-state index in [-0.39, 0.29) is 16.8 Å². The molecule has 0 fully saturated rings. The normalized spacial score (nSPS) is 10.5. The maximum atomic E-state index is 13.8. The van der Waals surface area contributed by atoms with Crippen LogP contribution in [0.15, 0.2) is 59.4 Å². The van der Waals surface area contributed by atoms with Crippen LogP contribution in [-0.4, -0.2) is 16.4 Å². The third kappa shape index (κ3) is 4.24. The van der Waals surface area contributed by atoms with Crippen LogP contribution in [0.25, 0.3) is 0 Å². The minimum absolute atomic E-state index is 0.00119. The van der Waals surface area contributed by atoms with Crippen LogP contribution in [0.5, 0.6) is 0 Å². The van der Waals surface area contributed by atoms with Crippen LogP contribution in [0.3, 0.4) is 0 Å². The van der Waals surface area contributed by atoms with E-state index in [1.807, 2.05) is 0 Å². The molecule has 0 atom stereocenters. The number of rotatable bonds is 4. The van der Waals surface area contributed by atoms with Crippen molar-refractivity contribution in [3.63, 3.8) is 0 Å². The number of aromatic nitrogens is 1. The van der Waals surface area contributed by atoms with Crippen molar-refractivity contribution in [1.29, 1.82) is 0 Å². The van der Waals surface area contributed by atoms with Crippen molar-refractivity contribution >= 4 is 23.2 Å². The first-order valence-corrected chi connectivity index (χ1v) is 8.92. The Kier molecular flexibility index (Phi) is 5.59. The number of pyridine rings is 1. The average Bonchev–Trinajstić information content (AvgIpc) is 2.69. The van der Waals surface area contributed by atoms with Crippen molar-refractivity contribution in [3.8, 4) is 0 Å². The van der Waals surface area contributed by atoms with Gasteiger partial charge in [0, 0.05) is 24.0 Å². The van der Waals surface area contributed by atoms with Gasteiger partial charge in [0.1, 0.15) is 11.4 Å². The molecule has 0 saturated carbocycles. The highest BCUT2D eigenvalue weighted by Gasteiger charge is 2.16. The lowest BCUT2D eigenvalue weighted by Crippen LogP contribution is -2.28. The molecule has 3 rings (SSSR count). The predicted octanol–water partition coefficient (Wildman–Crippen LogP) is 3.65. The maximum Gasteiger partial charge on any atom is 0.263 e. The van der Waals surface area contributed by atoms with Crippen molar-refractivity contribution in [2.24, 2.45) is 7.05 Å². The summed E-state index contributed by atoms with van der Waals surface area (Å²) in [6.45, 7) is 3.53. The fourth-order valence-electron chi connectivity index (χ4n) is 2.75. The molecule has 2 amide bonds. The fourth-order valence-corrected chi connectivity index (χ4v) is 2.75. The summed E-state index contributed by atoms with van der Waals surface area (Å²) in [7, 11) is 1.59. The first-order chi connectivity index (χ1) is 13.8. The van der Waals surface area contributed by atoms with E-state index in [2.05, 4.69) is 10.6 Å². The van der Waals surface area contributed by atoms with Crippen molar-refractivity contribution in [3.05, 3.63) is 93.2 Å². The molecule has 0 spiro atoms. The Bertz CT molecular complexity index is 1170. The Labute approximate surface area is 167 Å². The van der Waals surface area contributed by atoms with Gasteiger partial charge in [0.2, 0.25) is 0 Å². The summed E-state index contributed by atoms with van der Waals surface area (Å²) in [6.07, 6.45) is 0. The van der Waals surface area contributed by atoms with Crippen molar-refractivity contribution in [1.82, 2.24) is 4.57 Å². The van der Waals surface area contributed by atoms with Crippen LogP contribution < -0.4 is 16.2 Å². The molecule has 1 heterocycles. The second kappa shape index (κ2) is 8.10. The lowest BCUT2D eigenvalue weighted by molar-refractivity contribution is 0.101. The Hall–Kier alpha value is -3.74. The van der Waals surface area contributed by atoms with Crippen LogP contribution in [0, 0.1) is 19.7 Å². The number of hydrogen-bond donors (Lipinski definition) is 2. The summed E-state index contributed by atoms with van der Waals surface area (Å²) in [5, 5.41) is 5.18. The molecule has 2 aromatic carbocycles. The van der Waals surface area contributed by atoms with E-state index in [0.717, 1.165) is 5.69 Å². The molecule has 0 aliphatic rings. The minimum Gasteiger partial charge on any atom is -0.322 e. The summed E-state index contributed by atoms with van der Waals surface area (Å²) in [5.74, 6) is -1.63. The van der Waals surface area contributed by atoms with Gasteiger partial charge in [-0.3, -0.25) is 14.4 Å². The maximum absolute atomic E-state index is 13.8. The lowest BCUT2D eigenvalue weighted by atomic mass is 10.1. The van der Waals surface area contributed by atoms with Crippen LogP contribution >= 0.6 is 0 Å². The minimum atomic E-state index is -0.569. The number of carbonyl (C=O) groups is 2. The Morgan fingerprint density at radius 2 is 1.59 bits per heavy atom. The van der Waals surface area contributed by atoms with Crippen molar-refractivity contribution in [2.75, 3.05) is 10.6 Å². The average molecular weight is 393 g/mol. The van der Waals surface area contributed by atoms with Crippen LogP contribution in [0.2, 0.25) is 0 Å². The summed E-state index contributed by atoms with van der Waals surface area (Å²) in [5.41, 5.74) is 1.73. The highest BCUT2D eigenvalue weighted by atomic mass is 19.1. The first-order valence-electron chi connectivity index (χ1n) is 8.92. The molecule has 0 aliphatic carbocycles. The quantitative estimate of drug-likeness (QED) is 0.710. The monoisotopic (exact) mass is 393 g/mol. The molecule has 0 unspecified atom stereocenters. The second-order valence-electron chi connectivity index (χ2n) is 6.67. The third-order valence-corrected chi connectivity index (χ3v) is 4.67. The topological polar surface area (TPSA) is 80.2 Å². The lowest BCUT2D eigenvalue weighted by Gasteiger charge is -2.12. The second-order valence-corrected chi connectivity index (χ2v) is 6.67. The zero-order chi connectivity index (χ0) is 21.1. The summed E-state index contributed by atoms with van der Waals surface area (Å²) in [4.78, 5) is 37.4. The molecule has 148 valence electrons. The molecule has 0 saturated heterocycles. The van der Waals surface area contributed by atoms with Gasteiger partial charge in [0.05, 0.1) is 5.69 Å². The van der Waals surface area contributed by atoms with E-state index in [9.17, 15) is 18.8 Å². The van der Waals surface area contributed by atoms with E-state index in [4.69, 9.17) is 0 Å². The van der Waals surface area contributed by atoms with E-state index < -0.39 is 23.2 Å². The highest BCUT2D eigenvalue weighted by Crippen LogP contribution is 2.20. The molecular weight excluding hydrogens is 373 g/mol. The van der Waals surface area contributed by atoms with Crippen LogP contribution in [-0.2, 0) is 7.05 Å². The largest absolute Gasteiger partial charge is 0.322 e. The van der Waals surface area contributed by atoms with E-state index >= 15 is 0 Å². The van der Waals surface area contributed by atoms with Gasteiger partial charge >= 0.3 is 0 Å². The molecule has 2 N–H and O–H groups in total. The van der Waals surface area contributed by atoms with E-state index in [1.54, 1.807) is 45.2 Å². The van der Waals surface area contributed by atoms with Gasteiger partial charge in [-0.05, 0) is 55.8 Å². The number of carbonyl (C=O) groups excluding carboxylic acids is 2. The van der Waals surface area contributed by atoms with Crippen LogP contribution in [0.4, 0.5) is 15.8 Å². The number of halogens is 1. The Morgan fingerprint density at radius 1 is 0.897 bits per heavy atom. The molecule has 0 radical (unpaired) electrons. The van der Waals surface area contributed by atoms with E-state index in [0.29, 0.717) is 11.3 Å². The van der Waals surface area contributed by atoms with E-state index in [1.165, 1.54) is 34.9 Å². The SMILES string of the molecule is Cc1ccc(C(=O)Nc2ccccc2F)cc1NC(=O)c1ccc(C)n(C)c1=O. The predicted molar refractivity (Wildman–Crippen MR) is 110 cm³/mol. The molecular formula is C22H20FN3O3. The number of amides is 2. The molecule has 7 heteroatoms. The van der Waals surface area contributed by atoms with Gasteiger partial charge < -0.3 is 15.2 Å². The molecule has 1 aromatic heterocycles. The number of anilines is 2. The Morgan fingerprint density at radius 3 is 2.31 bits per heavy atom. The summed E-state index contributed by atoms with van der Waals surface area (Å²) >= 11 is 0. The number of aryl methyl sites for hydroxylation is 2. The number of nitrogens with one attached hydrogen (secondary N) is 2. The summed E-state index contributed by atoms with van der Waals surface area (Å²) < 4.78 is 15.2. The zero-order valence-electron chi connectivity index (χ0n) is 16.2. The van der Waals surface area contributed by atoms with Gasteiger partial charge in [-0.1, -0.05) is 18.2 Å². The van der Waals surface area contributed by atoms with Crippen molar-refractivity contribution in [2.45, 2.75) is 13.8 Å². The number of nitrogens with zero attached hydrogens (tertiary/aromatic N) is 1. The first kappa shape index (κ1) is 20.0. The standard InChI is InChI=1S/C22H20FN3O3/c1-13-8-10-15(20(27)24-18-7-5-4-6-17(18)23)12-19(13)25-21(28)16-11-9-14(2)26(3)22(16)29/h4-12H,1-3H3,(H,24,27)(H,25,28). The number of para-hydroxylation sites is 1. The molecule has 0 bridgehead atoms. The van der Waals surface area contributed by atoms with Gasteiger partial charge in [-0.2, -0.15) is 0 Å². The number of hydrogen-bond acceptors (Lipinski definition) is 3. The van der Waals surface area contributed by atoms with Crippen LogP contribution in [0.1, 0.15) is 32.0 Å². The molecule has 6 nitrogen and oxygen atoms in total. The number of benzene rings is 2. The third-order valence-electron chi connectivity index (χ3n) is 4.67. The van der Waals surface area contributed by atoms with Crippen molar-refractivity contribution < 1.29 is 14.0 Å². The highest BCUT2D eigenvalue weighted by molar-refractivity contribution is 6.07. The Balaban J connectivity index is 1.85. The zero-order valence-corrected chi connectivity index (χ0v) is 16.2. The van der Waals surface area contributed by atoms with Gasteiger partial charge in [0.15, 0.2) is 0 Å². The molecule has 0 aliphatic heterocycles.